The van der Waals surface area contributed by atoms with E-state index in [1.807, 2.05) is 0 Å². The van der Waals surface area contributed by atoms with Crippen LogP contribution in [0.4, 0.5) is 0 Å². The lowest BCUT2D eigenvalue weighted by Crippen LogP contribution is -2.36. The Labute approximate surface area is 87.7 Å². The molecule has 0 aliphatic carbocycles. The minimum atomic E-state index is 0.620. The van der Waals surface area contributed by atoms with Crippen LogP contribution in [0.1, 0.15) is 33.6 Å². The highest BCUT2D eigenvalue weighted by atomic mass is 16.5. The number of nitrogens with one attached hydrogen (secondary N) is 1. The van der Waals surface area contributed by atoms with Gasteiger partial charge < -0.3 is 10.1 Å². The summed E-state index contributed by atoms with van der Waals surface area (Å²) in [4.78, 5) is 0. The van der Waals surface area contributed by atoms with Crippen LogP contribution >= 0.6 is 0 Å². The standard InChI is InChI=1S/C12H23NO/c1-10(2)4-7-13-11(3)12-5-8-14-9-6-12/h4,11-13H,5-9H2,1-3H3. The van der Waals surface area contributed by atoms with E-state index in [0.29, 0.717) is 6.04 Å². The van der Waals surface area contributed by atoms with Crippen LogP contribution in [0.2, 0.25) is 0 Å². The molecular formula is C12H23NO. The first kappa shape index (κ1) is 11.7. The van der Waals surface area contributed by atoms with Crippen LogP contribution in [0, 0.1) is 5.92 Å². The maximum atomic E-state index is 5.35. The largest absolute Gasteiger partial charge is 0.381 e. The first-order chi connectivity index (χ1) is 6.70. The number of hydrogen-bond donors (Lipinski definition) is 1. The Morgan fingerprint density at radius 1 is 1.43 bits per heavy atom. The fourth-order valence-electron chi connectivity index (χ4n) is 1.83. The third kappa shape index (κ3) is 4.25. The normalized spacial score (nSPS) is 20.5. The van der Waals surface area contributed by atoms with Gasteiger partial charge in [-0.05, 0) is 39.5 Å². The number of ether oxygens (including phenoxy) is 1. The molecule has 1 aliphatic heterocycles. The molecular weight excluding hydrogens is 174 g/mol. The molecule has 2 heteroatoms. The Morgan fingerprint density at radius 3 is 2.64 bits per heavy atom. The van der Waals surface area contributed by atoms with Gasteiger partial charge in [0, 0.05) is 25.8 Å². The quantitative estimate of drug-likeness (QED) is 0.699. The lowest BCUT2D eigenvalue weighted by Gasteiger charge is -2.28. The first-order valence-corrected chi connectivity index (χ1v) is 5.64. The van der Waals surface area contributed by atoms with Crippen molar-refractivity contribution in [1.82, 2.24) is 5.32 Å². The summed E-state index contributed by atoms with van der Waals surface area (Å²) in [5.41, 5.74) is 1.39. The van der Waals surface area contributed by atoms with E-state index >= 15 is 0 Å². The van der Waals surface area contributed by atoms with E-state index in [4.69, 9.17) is 4.74 Å². The molecule has 14 heavy (non-hydrogen) atoms. The van der Waals surface area contributed by atoms with Crippen molar-refractivity contribution >= 4 is 0 Å². The molecule has 0 radical (unpaired) electrons. The molecule has 1 fully saturated rings. The highest BCUT2D eigenvalue weighted by Crippen LogP contribution is 2.18. The van der Waals surface area contributed by atoms with E-state index < -0.39 is 0 Å². The fourth-order valence-corrected chi connectivity index (χ4v) is 1.83. The van der Waals surface area contributed by atoms with Gasteiger partial charge in [0.2, 0.25) is 0 Å². The molecule has 0 amide bonds. The third-order valence-electron chi connectivity index (χ3n) is 2.92. The number of hydrogen-bond acceptors (Lipinski definition) is 2. The summed E-state index contributed by atoms with van der Waals surface area (Å²) in [6.45, 7) is 9.45. The van der Waals surface area contributed by atoms with Crippen LogP contribution in [-0.2, 0) is 4.74 Å². The van der Waals surface area contributed by atoms with Crippen molar-refractivity contribution < 1.29 is 4.74 Å². The number of rotatable bonds is 4. The molecule has 1 N–H and O–H groups in total. The molecule has 1 heterocycles. The summed E-state index contributed by atoms with van der Waals surface area (Å²) in [6, 6.07) is 0.620. The average molecular weight is 197 g/mol. The molecule has 2 nitrogen and oxygen atoms in total. The average Bonchev–Trinajstić information content (AvgIpc) is 2.18. The van der Waals surface area contributed by atoms with Crippen LogP contribution in [0.3, 0.4) is 0 Å². The molecule has 0 aromatic carbocycles. The molecule has 0 saturated carbocycles. The first-order valence-electron chi connectivity index (χ1n) is 5.64. The second-order valence-electron chi connectivity index (χ2n) is 4.43. The number of allylic oxidation sites excluding steroid dienone is 1. The van der Waals surface area contributed by atoms with Crippen LogP contribution in [0.15, 0.2) is 11.6 Å². The molecule has 82 valence electrons. The predicted octanol–water partition coefficient (Wildman–Crippen LogP) is 2.36. The van der Waals surface area contributed by atoms with E-state index in [1.54, 1.807) is 0 Å². The SMILES string of the molecule is CC(C)=CCNC(C)C1CCOCC1. The molecule has 0 aromatic heterocycles. The van der Waals surface area contributed by atoms with Gasteiger partial charge >= 0.3 is 0 Å². The van der Waals surface area contributed by atoms with E-state index in [2.05, 4.69) is 32.2 Å². The van der Waals surface area contributed by atoms with Gasteiger partial charge in [-0.2, -0.15) is 0 Å². The summed E-state index contributed by atoms with van der Waals surface area (Å²) < 4.78 is 5.35. The van der Waals surface area contributed by atoms with E-state index in [0.717, 1.165) is 25.7 Å². The van der Waals surface area contributed by atoms with E-state index in [1.165, 1.54) is 18.4 Å². The predicted molar refractivity (Wildman–Crippen MR) is 60.4 cm³/mol. The zero-order valence-corrected chi connectivity index (χ0v) is 9.68. The molecule has 0 bridgehead atoms. The molecule has 1 aliphatic rings. The third-order valence-corrected chi connectivity index (χ3v) is 2.92. The van der Waals surface area contributed by atoms with Crippen LogP contribution in [0.5, 0.6) is 0 Å². The Morgan fingerprint density at radius 2 is 2.07 bits per heavy atom. The Hall–Kier alpha value is -0.340. The fraction of sp³-hybridized carbons (Fsp3) is 0.833. The zero-order valence-electron chi connectivity index (χ0n) is 9.68. The van der Waals surface area contributed by atoms with Gasteiger partial charge in [0.05, 0.1) is 0 Å². The Bertz CT molecular complexity index is 179. The van der Waals surface area contributed by atoms with Gasteiger partial charge in [-0.25, -0.2) is 0 Å². The van der Waals surface area contributed by atoms with Gasteiger partial charge in [-0.3, -0.25) is 0 Å². The van der Waals surface area contributed by atoms with Gasteiger partial charge in [0.1, 0.15) is 0 Å². The van der Waals surface area contributed by atoms with Crippen LogP contribution in [-0.4, -0.2) is 25.8 Å². The van der Waals surface area contributed by atoms with Crippen molar-refractivity contribution in [3.05, 3.63) is 11.6 Å². The lowest BCUT2D eigenvalue weighted by molar-refractivity contribution is 0.0564. The maximum Gasteiger partial charge on any atom is 0.0469 e. The highest BCUT2D eigenvalue weighted by molar-refractivity contribution is 4.95. The molecule has 1 rings (SSSR count). The second kappa shape index (κ2) is 6.20. The monoisotopic (exact) mass is 197 g/mol. The molecule has 1 unspecified atom stereocenters. The van der Waals surface area contributed by atoms with E-state index in [-0.39, 0.29) is 0 Å². The topological polar surface area (TPSA) is 21.3 Å². The lowest BCUT2D eigenvalue weighted by atomic mass is 9.93. The van der Waals surface area contributed by atoms with Crippen LogP contribution in [0.25, 0.3) is 0 Å². The molecule has 1 saturated heterocycles. The summed E-state index contributed by atoms with van der Waals surface area (Å²) in [5, 5.41) is 3.55. The molecule has 1 atom stereocenters. The van der Waals surface area contributed by atoms with Gasteiger partial charge in [0.25, 0.3) is 0 Å². The van der Waals surface area contributed by atoms with Crippen LogP contribution < -0.4 is 5.32 Å². The van der Waals surface area contributed by atoms with Gasteiger partial charge in [-0.15, -0.1) is 0 Å². The summed E-state index contributed by atoms with van der Waals surface area (Å²) >= 11 is 0. The highest BCUT2D eigenvalue weighted by Gasteiger charge is 2.19. The maximum absolute atomic E-state index is 5.35. The van der Waals surface area contributed by atoms with Crippen molar-refractivity contribution in [3.8, 4) is 0 Å². The summed E-state index contributed by atoms with van der Waals surface area (Å²) in [7, 11) is 0. The van der Waals surface area contributed by atoms with Gasteiger partial charge in [0.15, 0.2) is 0 Å². The smallest absolute Gasteiger partial charge is 0.0469 e. The van der Waals surface area contributed by atoms with Crippen molar-refractivity contribution in [2.45, 2.75) is 39.7 Å². The summed E-state index contributed by atoms with van der Waals surface area (Å²) in [5.74, 6) is 0.800. The minimum Gasteiger partial charge on any atom is -0.381 e. The van der Waals surface area contributed by atoms with Crippen molar-refractivity contribution in [2.75, 3.05) is 19.8 Å². The van der Waals surface area contributed by atoms with Crippen molar-refractivity contribution in [3.63, 3.8) is 0 Å². The molecule has 0 spiro atoms. The Balaban J connectivity index is 2.19. The van der Waals surface area contributed by atoms with Crippen molar-refractivity contribution in [1.29, 1.82) is 0 Å². The minimum absolute atomic E-state index is 0.620. The Kier molecular flexibility index (Phi) is 5.20. The van der Waals surface area contributed by atoms with Crippen molar-refractivity contribution in [2.24, 2.45) is 5.92 Å². The second-order valence-corrected chi connectivity index (χ2v) is 4.43. The molecule has 0 aromatic rings. The van der Waals surface area contributed by atoms with E-state index in [9.17, 15) is 0 Å². The zero-order chi connectivity index (χ0) is 10.4. The van der Waals surface area contributed by atoms with Gasteiger partial charge in [-0.1, -0.05) is 11.6 Å². The summed E-state index contributed by atoms with van der Waals surface area (Å²) in [6.07, 6.45) is 4.67.